The van der Waals surface area contributed by atoms with Crippen molar-refractivity contribution in [3.63, 3.8) is 0 Å². The van der Waals surface area contributed by atoms with Gasteiger partial charge < -0.3 is 8.98 Å². The minimum atomic E-state index is 0.861. The first kappa shape index (κ1) is 25.6. The van der Waals surface area contributed by atoms with Crippen molar-refractivity contribution in [2.45, 2.75) is 6.42 Å². The van der Waals surface area contributed by atoms with Crippen LogP contribution in [0.3, 0.4) is 0 Å². The van der Waals surface area contributed by atoms with Crippen LogP contribution in [-0.2, 0) is 6.42 Å². The highest BCUT2D eigenvalue weighted by atomic mass is 16.3. The summed E-state index contributed by atoms with van der Waals surface area (Å²) in [7, 11) is 0. The van der Waals surface area contributed by atoms with E-state index >= 15 is 0 Å². The largest absolute Gasteiger partial charge is 0.456 e. The van der Waals surface area contributed by atoms with Crippen LogP contribution in [0.15, 0.2) is 168 Å². The summed E-state index contributed by atoms with van der Waals surface area (Å²) in [6.45, 7) is 0. The smallest absolute Gasteiger partial charge is 0.135 e. The molecule has 0 unspecified atom stereocenters. The minimum Gasteiger partial charge on any atom is -0.456 e. The van der Waals surface area contributed by atoms with Crippen LogP contribution in [0.4, 0.5) is 0 Å². The molecular formula is C43H29NO. The Morgan fingerprint density at radius 1 is 0.422 bits per heavy atom. The van der Waals surface area contributed by atoms with Crippen LogP contribution in [0.5, 0.6) is 0 Å². The van der Waals surface area contributed by atoms with Crippen LogP contribution >= 0.6 is 0 Å². The number of fused-ring (bicyclic) bond motifs is 6. The average molecular weight is 576 g/mol. The Kier molecular flexibility index (Phi) is 5.92. The van der Waals surface area contributed by atoms with E-state index in [1.54, 1.807) is 0 Å². The fraction of sp³-hybridized carbons (Fsp3) is 0.0233. The Morgan fingerprint density at radius 2 is 1.04 bits per heavy atom. The number of furan rings is 1. The zero-order valence-corrected chi connectivity index (χ0v) is 24.7. The summed E-state index contributed by atoms with van der Waals surface area (Å²) in [5.41, 5.74) is 13.0. The van der Waals surface area contributed by atoms with E-state index in [-0.39, 0.29) is 0 Å². The van der Waals surface area contributed by atoms with E-state index in [1.807, 2.05) is 12.1 Å². The van der Waals surface area contributed by atoms with E-state index < -0.39 is 0 Å². The van der Waals surface area contributed by atoms with Gasteiger partial charge in [0.15, 0.2) is 0 Å². The van der Waals surface area contributed by atoms with Gasteiger partial charge in [-0.2, -0.15) is 0 Å². The van der Waals surface area contributed by atoms with Gasteiger partial charge in [0.1, 0.15) is 11.2 Å². The molecule has 9 rings (SSSR count). The van der Waals surface area contributed by atoms with Crippen molar-refractivity contribution in [2.24, 2.45) is 0 Å². The molecule has 0 atom stereocenters. The fourth-order valence-electron chi connectivity index (χ4n) is 6.89. The molecule has 0 aliphatic rings. The van der Waals surface area contributed by atoms with Gasteiger partial charge in [-0.15, -0.1) is 0 Å². The molecule has 0 radical (unpaired) electrons. The lowest BCUT2D eigenvalue weighted by Gasteiger charge is -2.10. The van der Waals surface area contributed by atoms with Crippen LogP contribution in [0.25, 0.3) is 71.7 Å². The molecule has 2 heteroatoms. The topological polar surface area (TPSA) is 18.1 Å². The normalized spacial score (nSPS) is 11.6. The van der Waals surface area contributed by atoms with Crippen molar-refractivity contribution >= 4 is 43.7 Å². The first-order valence-electron chi connectivity index (χ1n) is 15.5. The Labute approximate surface area is 261 Å². The highest BCUT2D eigenvalue weighted by Crippen LogP contribution is 2.36. The van der Waals surface area contributed by atoms with Crippen LogP contribution in [-0.4, -0.2) is 4.57 Å². The molecule has 212 valence electrons. The van der Waals surface area contributed by atoms with Gasteiger partial charge in [0.2, 0.25) is 0 Å². The molecule has 9 aromatic rings. The standard InChI is InChI=1S/C43H29NO/c1-2-9-30(10-3-1)33-23-26-40-38(28-33)36-12-4-6-14-39(36)44(40)35-24-21-32(22-25-35)31-19-17-29(18-20-31)27-34-11-8-16-42-43(34)37-13-5-7-15-41(37)45-42/h1-26,28H,27H2. The Hall–Kier alpha value is -5.86. The van der Waals surface area contributed by atoms with Crippen LogP contribution in [0.2, 0.25) is 0 Å². The second-order valence-electron chi connectivity index (χ2n) is 11.8. The molecule has 0 aliphatic carbocycles. The summed E-state index contributed by atoms with van der Waals surface area (Å²) in [6.07, 6.45) is 0.861. The van der Waals surface area contributed by atoms with E-state index in [0.717, 1.165) is 23.3 Å². The molecular weight excluding hydrogens is 546 g/mol. The van der Waals surface area contributed by atoms with E-state index in [9.17, 15) is 0 Å². The second-order valence-corrected chi connectivity index (χ2v) is 11.8. The molecule has 45 heavy (non-hydrogen) atoms. The van der Waals surface area contributed by atoms with Gasteiger partial charge in [0, 0.05) is 27.2 Å². The van der Waals surface area contributed by atoms with Gasteiger partial charge >= 0.3 is 0 Å². The molecule has 7 aromatic carbocycles. The molecule has 2 nitrogen and oxygen atoms in total. The maximum Gasteiger partial charge on any atom is 0.135 e. The predicted molar refractivity (Wildman–Crippen MR) is 188 cm³/mol. The molecule has 0 fully saturated rings. The Balaban J connectivity index is 1.04. The second kappa shape index (κ2) is 10.4. The maximum atomic E-state index is 6.11. The van der Waals surface area contributed by atoms with Crippen molar-refractivity contribution in [1.82, 2.24) is 4.57 Å². The number of hydrogen-bond acceptors (Lipinski definition) is 1. The summed E-state index contributed by atoms with van der Waals surface area (Å²) in [5, 5.41) is 4.93. The van der Waals surface area contributed by atoms with E-state index in [1.165, 1.54) is 66.0 Å². The maximum absolute atomic E-state index is 6.11. The summed E-state index contributed by atoms with van der Waals surface area (Å²) in [5.74, 6) is 0. The summed E-state index contributed by atoms with van der Waals surface area (Å²) in [6, 6.07) is 58.8. The lowest BCUT2D eigenvalue weighted by atomic mass is 9.97. The van der Waals surface area contributed by atoms with Gasteiger partial charge in [-0.1, -0.05) is 121 Å². The van der Waals surface area contributed by atoms with Crippen molar-refractivity contribution in [1.29, 1.82) is 0 Å². The third kappa shape index (κ3) is 4.34. The number of para-hydroxylation sites is 2. The SMILES string of the molecule is c1ccc(-c2ccc3c(c2)c2ccccc2n3-c2ccc(-c3ccc(Cc4cccc5oc6ccccc6c45)cc3)cc2)cc1. The summed E-state index contributed by atoms with van der Waals surface area (Å²) in [4.78, 5) is 0. The van der Waals surface area contributed by atoms with Crippen molar-refractivity contribution in [3.05, 3.63) is 175 Å². The molecule has 2 aromatic heterocycles. The number of rotatable bonds is 5. The van der Waals surface area contributed by atoms with Gasteiger partial charge in [-0.3, -0.25) is 0 Å². The molecule has 2 heterocycles. The highest BCUT2D eigenvalue weighted by molar-refractivity contribution is 6.10. The van der Waals surface area contributed by atoms with Gasteiger partial charge in [-0.05, 0) is 82.3 Å². The van der Waals surface area contributed by atoms with Crippen LogP contribution in [0, 0.1) is 0 Å². The van der Waals surface area contributed by atoms with Gasteiger partial charge in [0.25, 0.3) is 0 Å². The molecule has 0 spiro atoms. The first-order valence-corrected chi connectivity index (χ1v) is 15.5. The van der Waals surface area contributed by atoms with E-state index in [4.69, 9.17) is 4.42 Å². The number of benzene rings is 7. The molecule has 0 bridgehead atoms. The zero-order chi connectivity index (χ0) is 29.7. The number of nitrogens with zero attached hydrogens (tertiary/aromatic N) is 1. The third-order valence-corrected chi connectivity index (χ3v) is 9.08. The molecule has 0 amide bonds. The number of aromatic nitrogens is 1. The molecule has 0 saturated carbocycles. The van der Waals surface area contributed by atoms with Crippen LogP contribution in [0.1, 0.15) is 11.1 Å². The quantitative estimate of drug-likeness (QED) is 0.200. The van der Waals surface area contributed by atoms with E-state index in [0.29, 0.717) is 0 Å². The molecule has 0 aliphatic heterocycles. The van der Waals surface area contributed by atoms with Crippen molar-refractivity contribution < 1.29 is 4.42 Å². The fourth-order valence-corrected chi connectivity index (χ4v) is 6.89. The van der Waals surface area contributed by atoms with Gasteiger partial charge in [0.05, 0.1) is 11.0 Å². The molecule has 0 N–H and O–H groups in total. The van der Waals surface area contributed by atoms with Crippen LogP contribution < -0.4 is 0 Å². The van der Waals surface area contributed by atoms with Gasteiger partial charge in [-0.25, -0.2) is 0 Å². The van der Waals surface area contributed by atoms with Crippen molar-refractivity contribution in [2.75, 3.05) is 0 Å². The summed E-state index contributed by atoms with van der Waals surface area (Å²) >= 11 is 0. The zero-order valence-electron chi connectivity index (χ0n) is 24.7. The Bertz CT molecular complexity index is 2480. The third-order valence-electron chi connectivity index (χ3n) is 9.08. The highest BCUT2D eigenvalue weighted by Gasteiger charge is 2.14. The number of hydrogen-bond donors (Lipinski definition) is 0. The lowest BCUT2D eigenvalue weighted by Crippen LogP contribution is -1.94. The van der Waals surface area contributed by atoms with E-state index in [2.05, 4.69) is 156 Å². The Morgan fingerprint density at radius 3 is 1.87 bits per heavy atom. The lowest BCUT2D eigenvalue weighted by molar-refractivity contribution is 0.668. The molecule has 0 saturated heterocycles. The minimum absolute atomic E-state index is 0.861. The predicted octanol–water partition coefficient (Wildman–Crippen LogP) is 11.6. The monoisotopic (exact) mass is 575 g/mol. The average Bonchev–Trinajstić information content (AvgIpc) is 3.65. The summed E-state index contributed by atoms with van der Waals surface area (Å²) < 4.78 is 8.49. The first-order chi connectivity index (χ1) is 22.3. The van der Waals surface area contributed by atoms with Crippen molar-refractivity contribution in [3.8, 4) is 27.9 Å².